The summed E-state index contributed by atoms with van der Waals surface area (Å²) in [6, 6.07) is 0. The van der Waals surface area contributed by atoms with Crippen LogP contribution in [0.4, 0.5) is 0 Å². The molecule has 94 valence electrons. The first kappa shape index (κ1) is 12.4. The molecule has 0 radical (unpaired) electrons. The van der Waals surface area contributed by atoms with Crippen molar-refractivity contribution < 1.29 is 10.2 Å². The van der Waals surface area contributed by atoms with Crippen molar-refractivity contribution in [1.82, 2.24) is 0 Å². The zero-order valence-electron chi connectivity index (χ0n) is 10.6. The van der Waals surface area contributed by atoms with Gasteiger partial charge in [-0.05, 0) is 62.2 Å². The second kappa shape index (κ2) is 5.05. The molecule has 6 atom stereocenters. The van der Waals surface area contributed by atoms with Crippen molar-refractivity contribution in [3.8, 4) is 0 Å². The topological polar surface area (TPSA) is 40.5 Å². The minimum atomic E-state index is -0.0854. The Morgan fingerprint density at radius 2 is 1.56 bits per heavy atom. The van der Waals surface area contributed by atoms with Gasteiger partial charge < -0.3 is 10.2 Å². The van der Waals surface area contributed by atoms with E-state index in [1.165, 1.54) is 12.8 Å². The second-order valence-corrected chi connectivity index (χ2v) is 6.23. The lowest BCUT2D eigenvalue weighted by molar-refractivity contribution is -0.00218. The van der Waals surface area contributed by atoms with E-state index in [9.17, 15) is 10.2 Å². The molecule has 16 heavy (non-hydrogen) atoms. The van der Waals surface area contributed by atoms with Gasteiger partial charge in [-0.15, -0.1) is 0 Å². The van der Waals surface area contributed by atoms with E-state index in [4.69, 9.17) is 0 Å². The summed E-state index contributed by atoms with van der Waals surface area (Å²) in [5, 5.41) is 19.6. The molecule has 2 rings (SSSR count). The molecule has 2 saturated carbocycles. The van der Waals surface area contributed by atoms with Crippen LogP contribution in [0.15, 0.2) is 0 Å². The first-order valence-electron chi connectivity index (χ1n) is 6.94. The van der Waals surface area contributed by atoms with Crippen molar-refractivity contribution in [2.75, 3.05) is 0 Å². The van der Waals surface area contributed by atoms with Crippen molar-refractivity contribution in [3.63, 3.8) is 0 Å². The predicted molar refractivity (Wildman–Crippen MR) is 65.0 cm³/mol. The Bertz CT molecular complexity index is 229. The highest BCUT2D eigenvalue weighted by molar-refractivity contribution is 4.87. The van der Waals surface area contributed by atoms with Gasteiger partial charge in [0.05, 0.1) is 12.2 Å². The number of hydrogen-bond acceptors (Lipinski definition) is 2. The van der Waals surface area contributed by atoms with Crippen LogP contribution in [0, 0.1) is 23.7 Å². The summed E-state index contributed by atoms with van der Waals surface area (Å²) < 4.78 is 0. The SMILES string of the molecule is CC1CCC(C2CCC(O)CC2C)CC1O. The molecule has 6 unspecified atom stereocenters. The molecule has 2 fully saturated rings. The normalized spacial score (nSPS) is 50.2. The fourth-order valence-corrected chi connectivity index (χ4v) is 3.81. The number of aliphatic hydroxyl groups is 2. The second-order valence-electron chi connectivity index (χ2n) is 6.23. The summed E-state index contributed by atoms with van der Waals surface area (Å²) in [6.45, 7) is 4.44. The third-order valence-corrected chi connectivity index (χ3v) is 5.01. The van der Waals surface area contributed by atoms with Gasteiger partial charge in [0, 0.05) is 0 Å². The standard InChI is InChI=1S/C14H26O2/c1-9-3-4-11(8-14(9)16)13-6-5-12(15)7-10(13)2/h9-16H,3-8H2,1-2H3. The lowest BCUT2D eigenvalue weighted by Crippen LogP contribution is -2.36. The molecule has 0 bridgehead atoms. The largest absolute Gasteiger partial charge is 0.393 e. The maximum atomic E-state index is 9.97. The van der Waals surface area contributed by atoms with Crippen LogP contribution >= 0.6 is 0 Å². The van der Waals surface area contributed by atoms with Gasteiger partial charge in [0.25, 0.3) is 0 Å². The lowest BCUT2D eigenvalue weighted by atomic mass is 9.66. The minimum Gasteiger partial charge on any atom is -0.393 e. The number of hydrogen-bond donors (Lipinski definition) is 2. The Morgan fingerprint density at radius 3 is 2.19 bits per heavy atom. The van der Waals surface area contributed by atoms with Crippen LogP contribution in [0.1, 0.15) is 52.4 Å². The quantitative estimate of drug-likeness (QED) is 0.721. The zero-order valence-corrected chi connectivity index (χ0v) is 10.6. The Morgan fingerprint density at radius 1 is 0.812 bits per heavy atom. The van der Waals surface area contributed by atoms with Crippen LogP contribution in [-0.4, -0.2) is 22.4 Å². The van der Waals surface area contributed by atoms with E-state index in [-0.39, 0.29) is 12.2 Å². The Hall–Kier alpha value is -0.0800. The summed E-state index contributed by atoms with van der Waals surface area (Å²) >= 11 is 0. The summed E-state index contributed by atoms with van der Waals surface area (Å²) in [7, 11) is 0. The van der Waals surface area contributed by atoms with Gasteiger partial charge >= 0.3 is 0 Å². The molecule has 0 saturated heterocycles. The third-order valence-electron chi connectivity index (χ3n) is 5.01. The fourth-order valence-electron chi connectivity index (χ4n) is 3.81. The van der Waals surface area contributed by atoms with Gasteiger partial charge in [0.15, 0.2) is 0 Å². The average Bonchev–Trinajstić information content (AvgIpc) is 2.22. The summed E-state index contributed by atoms with van der Waals surface area (Å²) in [4.78, 5) is 0. The highest BCUT2D eigenvalue weighted by atomic mass is 16.3. The van der Waals surface area contributed by atoms with E-state index in [0.717, 1.165) is 31.6 Å². The van der Waals surface area contributed by atoms with Gasteiger partial charge in [-0.25, -0.2) is 0 Å². The van der Waals surface area contributed by atoms with Crippen molar-refractivity contribution in [1.29, 1.82) is 0 Å². The summed E-state index contributed by atoms with van der Waals surface area (Å²) in [6.07, 6.45) is 6.39. The number of aliphatic hydroxyl groups excluding tert-OH is 2. The molecule has 0 aromatic heterocycles. The molecule has 2 heteroatoms. The van der Waals surface area contributed by atoms with Crippen LogP contribution in [0.2, 0.25) is 0 Å². The maximum absolute atomic E-state index is 9.97. The van der Waals surface area contributed by atoms with E-state index in [0.29, 0.717) is 17.8 Å². The monoisotopic (exact) mass is 226 g/mol. The third kappa shape index (κ3) is 2.60. The van der Waals surface area contributed by atoms with Crippen molar-refractivity contribution in [3.05, 3.63) is 0 Å². The predicted octanol–water partition coefficient (Wildman–Crippen LogP) is 2.58. The van der Waals surface area contributed by atoms with E-state index in [1.54, 1.807) is 0 Å². The lowest BCUT2D eigenvalue weighted by Gasteiger charge is -2.41. The van der Waals surface area contributed by atoms with Crippen LogP contribution in [0.3, 0.4) is 0 Å². The van der Waals surface area contributed by atoms with Crippen LogP contribution < -0.4 is 0 Å². The van der Waals surface area contributed by atoms with Crippen molar-refractivity contribution in [2.24, 2.45) is 23.7 Å². The van der Waals surface area contributed by atoms with Crippen molar-refractivity contribution in [2.45, 2.75) is 64.6 Å². The molecule has 2 nitrogen and oxygen atoms in total. The highest BCUT2D eigenvalue weighted by Gasteiger charge is 2.36. The van der Waals surface area contributed by atoms with Crippen molar-refractivity contribution >= 4 is 0 Å². The highest BCUT2D eigenvalue weighted by Crippen LogP contribution is 2.42. The molecule has 0 spiro atoms. The molecule has 0 aliphatic heterocycles. The van der Waals surface area contributed by atoms with E-state index in [1.807, 2.05) is 0 Å². The first-order chi connectivity index (χ1) is 7.58. The molecule has 0 heterocycles. The minimum absolute atomic E-state index is 0.0707. The van der Waals surface area contributed by atoms with E-state index in [2.05, 4.69) is 13.8 Å². The molecule has 0 aromatic carbocycles. The van der Waals surface area contributed by atoms with Crippen LogP contribution in [0.25, 0.3) is 0 Å². The molecular weight excluding hydrogens is 200 g/mol. The molecule has 2 aliphatic rings. The molecule has 0 aromatic rings. The Kier molecular flexibility index (Phi) is 3.91. The molecular formula is C14H26O2. The summed E-state index contributed by atoms with van der Waals surface area (Å²) in [5.41, 5.74) is 0. The van der Waals surface area contributed by atoms with Crippen LogP contribution in [-0.2, 0) is 0 Å². The molecule has 0 amide bonds. The Balaban J connectivity index is 1.92. The van der Waals surface area contributed by atoms with Gasteiger partial charge in [-0.2, -0.15) is 0 Å². The summed E-state index contributed by atoms with van der Waals surface area (Å²) in [5.74, 6) is 2.56. The molecule has 2 N–H and O–H groups in total. The number of rotatable bonds is 1. The zero-order chi connectivity index (χ0) is 11.7. The smallest absolute Gasteiger partial charge is 0.0568 e. The van der Waals surface area contributed by atoms with Gasteiger partial charge in [0.1, 0.15) is 0 Å². The van der Waals surface area contributed by atoms with E-state index < -0.39 is 0 Å². The van der Waals surface area contributed by atoms with Gasteiger partial charge in [-0.1, -0.05) is 13.8 Å². The Labute approximate surface area is 99.1 Å². The fraction of sp³-hybridized carbons (Fsp3) is 1.00. The van der Waals surface area contributed by atoms with E-state index >= 15 is 0 Å². The van der Waals surface area contributed by atoms with Gasteiger partial charge in [0.2, 0.25) is 0 Å². The van der Waals surface area contributed by atoms with Crippen LogP contribution in [0.5, 0.6) is 0 Å². The van der Waals surface area contributed by atoms with Gasteiger partial charge in [-0.3, -0.25) is 0 Å². The molecule has 2 aliphatic carbocycles. The average molecular weight is 226 g/mol. The first-order valence-corrected chi connectivity index (χ1v) is 6.94. The maximum Gasteiger partial charge on any atom is 0.0568 e.